The highest BCUT2D eigenvalue weighted by molar-refractivity contribution is 8.51. The zero-order valence-corrected chi connectivity index (χ0v) is 16.9. The largest absolute Gasteiger partial charge is 0.380 e. The number of fused-ring (bicyclic) bond motifs is 1. The standard InChI is InChI=1S/C20H29N5S/c1-5-26(19(22)23)12-20(26,4)15-11-25-16-7-6-8-24-18(16)17(15)14(3)9-13(2)10-21/h6-8,10-11,13-14,21H,5,9,12H2,1-4H3,(H3,22,23). The fourth-order valence-corrected chi connectivity index (χ4v) is 8.17. The summed E-state index contributed by atoms with van der Waals surface area (Å²) in [5.74, 6) is 2.38. The molecule has 0 saturated carbocycles. The predicted molar refractivity (Wildman–Crippen MR) is 113 cm³/mol. The molecule has 1 fully saturated rings. The van der Waals surface area contributed by atoms with Gasteiger partial charge in [-0.15, -0.1) is 0 Å². The van der Waals surface area contributed by atoms with Gasteiger partial charge in [0.15, 0.2) is 0 Å². The first-order valence-corrected chi connectivity index (χ1v) is 11.1. The van der Waals surface area contributed by atoms with E-state index in [-0.39, 0.29) is 16.6 Å². The lowest BCUT2D eigenvalue weighted by molar-refractivity contribution is 0.592. The smallest absolute Gasteiger partial charge is 0.134 e. The molecular weight excluding hydrogens is 342 g/mol. The maximum atomic E-state index is 8.20. The van der Waals surface area contributed by atoms with Gasteiger partial charge in [-0.3, -0.25) is 15.4 Å². The van der Waals surface area contributed by atoms with Crippen molar-refractivity contribution in [1.29, 1.82) is 10.8 Å². The number of hydrogen-bond donors (Lipinski definition) is 3. The number of rotatable bonds is 6. The molecule has 3 rings (SSSR count). The highest BCUT2D eigenvalue weighted by atomic mass is 32.3. The van der Waals surface area contributed by atoms with Crippen molar-refractivity contribution < 1.29 is 0 Å². The minimum Gasteiger partial charge on any atom is -0.380 e. The van der Waals surface area contributed by atoms with Crippen LogP contribution in [0.1, 0.15) is 51.2 Å². The monoisotopic (exact) mass is 371 g/mol. The van der Waals surface area contributed by atoms with E-state index in [1.165, 1.54) is 17.3 Å². The van der Waals surface area contributed by atoms with Crippen molar-refractivity contribution >= 4 is 32.4 Å². The molecule has 0 aromatic carbocycles. The fraction of sp³-hybridized carbons (Fsp3) is 0.500. The molecule has 1 aliphatic heterocycles. The van der Waals surface area contributed by atoms with Gasteiger partial charge in [0.05, 0.1) is 11.0 Å². The van der Waals surface area contributed by atoms with Crippen LogP contribution < -0.4 is 5.73 Å². The molecule has 2 aromatic rings. The van der Waals surface area contributed by atoms with E-state index in [9.17, 15) is 0 Å². The van der Waals surface area contributed by atoms with Crippen molar-refractivity contribution in [2.24, 2.45) is 11.7 Å². The van der Waals surface area contributed by atoms with Crippen LogP contribution in [0.15, 0.2) is 24.5 Å². The third-order valence-electron chi connectivity index (χ3n) is 5.95. The molecule has 0 bridgehead atoms. The third kappa shape index (κ3) is 2.71. The quantitative estimate of drug-likeness (QED) is 0.400. The Hall–Kier alpha value is -1.95. The van der Waals surface area contributed by atoms with Gasteiger partial charge in [0.1, 0.15) is 5.17 Å². The van der Waals surface area contributed by atoms with Crippen molar-refractivity contribution in [3.05, 3.63) is 35.7 Å². The molecule has 0 amide bonds. The number of hydrogen-bond acceptors (Lipinski definition) is 4. The van der Waals surface area contributed by atoms with Crippen molar-refractivity contribution in [3.8, 4) is 0 Å². The van der Waals surface area contributed by atoms with Gasteiger partial charge in [0.25, 0.3) is 0 Å². The van der Waals surface area contributed by atoms with Crippen LogP contribution >= 0.6 is 10.0 Å². The average molecular weight is 372 g/mol. The van der Waals surface area contributed by atoms with E-state index < -0.39 is 10.0 Å². The van der Waals surface area contributed by atoms with Gasteiger partial charge in [0, 0.05) is 22.9 Å². The SMILES string of the molecule is CCS1(C(=N)N)CC1(C)c1cnc2cccnc2c1C(C)CC(C)C=N. The summed E-state index contributed by atoms with van der Waals surface area (Å²) in [7, 11) is -1.29. The number of nitrogens with one attached hydrogen (secondary N) is 2. The van der Waals surface area contributed by atoms with E-state index in [4.69, 9.17) is 16.6 Å². The summed E-state index contributed by atoms with van der Waals surface area (Å²) in [4.78, 5) is 9.34. The molecule has 140 valence electrons. The van der Waals surface area contributed by atoms with Crippen LogP contribution in [0, 0.1) is 16.7 Å². The molecule has 4 N–H and O–H groups in total. The average Bonchev–Trinajstić information content (AvgIpc) is 3.28. The molecule has 6 heteroatoms. The molecule has 4 unspecified atom stereocenters. The summed E-state index contributed by atoms with van der Waals surface area (Å²) < 4.78 is -0.0934. The zero-order valence-electron chi connectivity index (χ0n) is 16.0. The Morgan fingerprint density at radius 3 is 2.73 bits per heavy atom. The van der Waals surface area contributed by atoms with E-state index >= 15 is 0 Å². The topological polar surface area (TPSA) is 99.5 Å². The van der Waals surface area contributed by atoms with Gasteiger partial charge in [-0.2, -0.15) is 10.0 Å². The van der Waals surface area contributed by atoms with Gasteiger partial charge >= 0.3 is 0 Å². The number of amidine groups is 1. The molecule has 0 spiro atoms. The molecule has 1 saturated heterocycles. The number of pyridine rings is 2. The fourth-order valence-electron chi connectivity index (χ4n) is 4.33. The molecule has 1 aliphatic rings. The lowest BCUT2D eigenvalue weighted by Gasteiger charge is -2.29. The first-order chi connectivity index (χ1) is 12.3. The Bertz CT molecular complexity index is 866. The molecule has 26 heavy (non-hydrogen) atoms. The zero-order chi connectivity index (χ0) is 19.1. The van der Waals surface area contributed by atoms with Gasteiger partial charge in [-0.1, -0.05) is 20.8 Å². The van der Waals surface area contributed by atoms with Gasteiger partial charge in [0.2, 0.25) is 0 Å². The number of nitrogens with zero attached hydrogens (tertiary/aromatic N) is 2. The van der Waals surface area contributed by atoms with Crippen molar-refractivity contribution in [1.82, 2.24) is 9.97 Å². The van der Waals surface area contributed by atoms with Crippen LogP contribution in [0.4, 0.5) is 0 Å². The highest BCUT2D eigenvalue weighted by Crippen LogP contribution is 2.80. The van der Waals surface area contributed by atoms with E-state index in [1.807, 2.05) is 24.5 Å². The molecule has 4 atom stereocenters. The van der Waals surface area contributed by atoms with E-state index in [0.717, 1.165) is 29.0 Å². The summed E-state index contributed by atoms with van der Waals surface area (Å²) in [5, 5.41) is 16.1. The summed E-state index contributed by atoms with van der Waals surface area (Å²) in [6.45, 7) is 8.69. The molecule has 3 heterocycles. The molecule has 5 nitrogen and oxygen atoms in total. The van der Waals surface area contributed by atoms with Crippen molar-refractivity contribution in [3.63, 3.8) is 0 Å². The minimum atomic E-state index is -1.29. The third-order valence-corrected chi connectivity index (χ3v) is 10.6. The van der Waals surface area contributed by atoms with Crippen molar-refractivity contribution in [2.75, 3.05) is 11.5 Å². The Labute approximate surface area is 157 Å². The minimum absolute atomic E-state index is 0.0934. The summed E-state index contributed by atoms with van der Waals surface area (Å²) in [5.41, 5.74) is 10.4. The summed E-state index contributed by atoms with van der Waals surface area (Å²) in [6.07, 6.45) is 6.24. The van der Waals surface area contributed by atoms with Crippen LogP contribution in [0.5, 0.6) is 0 Å². The molecule has 0 radical (unpaired) electrons. The Balaban J connectivity index is 2.19. The van der Waals surface area contributed by atoms with Crippen LogP contribution in [-0.4, -0.2) is 32.9 Å². The molecule has 2 aromatic heterocycles. The lowest BCUT2D eigenvalue weighted by atomic mass is 9.85. The summed E-state index contributed by atoms with van der Waals surface area (Å²) >= 11 is 0. The van der Waals surface area contributed by atoms with Gasteiger partial charge < -0.3 is 11.1 Å². The Kier molecular flexibility index (Phi) is 4.82. The predicted octanol–water partition coefficient (Wildman–Crippen LogP) is 4.36. The second kappa shape index (κ2) is 6.65. The Morgan fingerprint density at radius 2 is 2.15 bits per heavy atom. The van der Waals surface area contributed by atoms with Crippen molar-refractivity contribution in [2.45, 2.75) is 44.8 Å². The molecule has 0 aliphatic carbocycles. The van der Waals surface area contributed by atoms with E-state index in [0.29, 0.717) is 5.17 Å². The maximum absolute atomic E-state index is 8.20. The van der Waals surface area contributed by atoms with E-state index in [2.05, 4.69) is 37.7 Å². The highest BCUT2D eigenvalue weighted by Gasteiger charge is 2.63. The lowest BCUT2D eigenvalue weighted by Crippen LogP contribution is -2.20. The summed E-state index contributed by atoms with van der Waals surface area (Å²) in [6, 6.07) is 3.92. The van der Waals surface area contributed by atoms with Crippen LogP contribution in [0.25, 0.3) is 11.0 Å². The first kappa shape index (κ1) is 18.8. The first-order valence-electron chi connectivity index (χ1n) is 9.17. The molecular formula is C20H29N5S. The normalized spacial score (nSPS) is 29.5. The van der Waals surface area contributed by atoms with Gasteiger partial charge in [-0.25, -0.2) is 0 Å². The second-order valence-corrected chi connectivity index (χ2v) is 11.6. The number of aromatic nitrogens is 2. The number of nitrogens with two attached hydrogens (primary N) is 1. The van der Waals surface area contributed by atoms with Gasteiger partial charge in [-0.05, 0) is 60.4 Å². The second-order valence-electron chi connectivity index (χ2n) is 7.65. The van der Waals surface area contributed by atoms with Crippen LogP contribution in [0.3, 0.4) is 0 Å². The van der Waals surface area contributed by atoms with Crippen LogP contribution in [-0.2, 0) is 4.75 Å². The van der Waals surface area contributed by atoms with E-state index in [1.54, 1.807) is 0 Å². The maximum Gasteiger partial charge on any atom is 0.134 e. The Morgan fingerprint density at radius 1 is 1.42 bits per heavy atom. The van der Waals surface area contributed by atoms with Crippen LogP contribution in [0.2, 0.25) is 0 Å².